The SMILES string of the molecule is CCCCC(CC)COC(=O)CCSc1ccc(Br)cc1. The molecule has 1 aromatic carbocycles. The zero-order chi connectivity index (χ0) is 15.5. The minimum Gasteiger partial charge on any atom is -0.465 e. The Balaban J connectivity index is 2.17. The first-order valence-electron chi connectivity index (χ1n) is 7.69. The van der Waals surface area contributed by atoms with Gasteiger partial charge in [-0.25, -0.2) is 0 Å². The zero-order valence-electron chi connectivity index (χ0n) is 12.9. The van der Waals surface area contributed by atoms with Crippen LogP contribution in [0.15, 0.2) is 33.6 Å². The minimum atomic E-state index is -0.0745. The van der Waals surface area contributed by atoms with Gasteiger partial charge in [-0.15, -0.1) is 11.8 Å². The van der Waals surface area contributed by atoms with E-state index in [0.29, 0.717) is 18.9 Å². The first-order chi connectivity index (χ1) is 10.2. The molecular formula is C17H25BrO2S. The number of carbonyl (C=O) groups is 1. The van der Waals surface area contributed by atoms with Crippen LogP contribution in [0.2, 0.25) is 0 Å². The number of hydrogen-bond donors (Lipinski definition) is 0. The van der Waals surface area contributed by atoms with Crippen LogP contribution in [0.1, 0.15) is 46.0 Å². The summed E-state index contributed by atoms with van der Waals surface area (Å²) >= 11 is 5.10. The van der Waals surface area contributed by atoms with E-state index in [1.807, 2.05) is 12.1 Å². The zero-order valence-corrected chi connectivity index (χ0v) is 15.3. The number of thioether (sulfide) groups is 1. The molecule has 118 valence electrons. The number of hydrogen-bond acceptors (Lipinski definition) is 3. The Hall–Kier alpha value is -0.480. The maximum absolute atomic E-state index is 11.7. The lowest BCUT2D eigenvalue weighted by Gasteiger charge is -2.14. The maximum atomic E-state index is 11.7. The maximum Gasteiger partial charge on any atom is 0.306 e. The van der Waals surface area contributed by atoms with E-state index in [2.05, 4.69) is 41.9 Å². The summed E-state index contributed by atoms with van der Waals surface area (Å²) in [6.07, 6.45) is 5.14. The molecule has 0 saturated carbocycles. The average Bonchev–Trinajstić information content (AvgIpc) is 2.49. The molecule has 1 rings (SSSR count). The number of ether oxygens (including phenoxy) is 1. The molecule has 1 aromatic rings. The number of halogens is 1. The fraction of sp³-hybridized carbons (Fsp3) is 0.588. The van der Waals surface area contributed by atoms with Gasteiger partial charge >= 0.3 is 5.97 Å². The van der Waals surface area contributed by atoms with Crippen LogP contribution in [0.4, 0.5) is 0 Å². The number of benzene rings is 1. The van der Waals surface area contributed by atoms with Gasteiger partial charge in [0.15, 0.2) is 0 Å². The summed E-state index contributed by atoms with van der Waals surface area (Å²) < 4.78 is 6.46. The lowest BCUT2D eigenvalue weighted by molar-refractivity contribution is -0.144. The topological polar surface area (TPSA) is 26.3 Å². The van der Waals surface area contributed by atoms with Crippen molar-refractivity contribution in [2.75, 3.05) is 12.4 Å². The first kappa shape index (κ1) is 18.6. The summed E-state index contributed by atoms with van der Waals surface area (Å²) in [6, 6.07) is 8.14. The molecule has 0 amide bonds. The Morgan fingerprint density at radius 1 is 1.29 bits per heavy atom. The number of esters is 1. The lowest BCUT2D eigenvalue weighted by atomic mass is 10.0. The van der Waals surface area contributed by atoms with E-state index in [9.17, 15) is 4.79 Å². The van der Waals surface area contributed by atoms with E-state index in [4.69, 9.17) is 4.74 Å². The van der Waals surface area contributed by atoms with Crippen LogP contribution in [0.25, 0.3) is 0 Å². The predicted molar refractivity (Wildman–Crippen MR) is 93.7 cm³/mol. The second-order valence-electron chi connectivity index (χ2n) is 5.15. The van der Waals surface area contributed by atoms with E-state index in [0.717, 1.165) is 23.1 Å². The molecule has 4 heteroatoms. The van der Waals surface area contributed by atoms with Crippen molar-refractivity contribution in [3.05, 3.63) is 28.7 Å². The van der Waals surface area contributed by atoms with Crippen LogP contribution in [-0.4, -0.2) is 18.3 Å². The monoisotopic (exact) mass is 372 g/mol. The van der Waals surface area contributed by atoms with Crippen molar-refractivity contribution in [1.29, 1.82) is 0 Å². The van der Waals surface area contributed by atoms with Gasteiger partial charge in [-0.05, 0) is 36.6 Å². The van der Waals surface area contributed by atoms with Crippen LogP contribution in [0.3, 0.4) is 0 Å². The molecule has 0 aromatic heterocycles. The Morgan fingerprint density at radius 2 is 2.00 bits per heavy atom. The third kappa shape index (κ3) is 8.52. The Kier molecular flexibility index (Phi) is 9.85. The fourth-order valence-corrected chi connectivity index (χ4v) is 3.06. The minimum absolute atomic E-state index is 0.0745. The predicted octanol–water partition coefficient (Wildman–Crippen LogP) is 5.69. The van der Waals surface area contributed by atoms with Gasteiger partial charge in [0.1, 0.15) is 0 Å². The van der Waals surface area contributed by atoms with Crippen LogP contribution < -0.4 is 0 Å². The molecule has 0 heterocycles. The van der Waals surface area contributed by atoms with Crippen molar-refractivity contribution < 1.29 is 9.53 Å². The highest BCUT2D eigenvalue weighted by atomic mass is 79.9. The highest BCUT2D eigenvalue weighted by Gasteiger charge is 2.10. The summed E-state index contributed by atoms with van der Waals surface area (Å²) in [5.41, 5.74) is 0. The van der Waals surface area contributed by atoms with Gasteiger partial charge in [0.2, 0.25) is 0 Å². The van der Waals surface area contributed by atoms with E-state index < -0.39 is 0 Å². The summed E-state index contributed by atoms with van der Waals surface area (Å²) in [5, 5.41) is 0. The normalized spacial score (nSPS) is 12.1. The third-order valence-corrected chi connectivity index (χ3v) is 4.95. The van der Waals surface area contributed by atoms with Gasteiger partial charge in [-0.1, -0.05) is 49.0 Å². The average molecular weight is 373 g/mol. The van der Waals surface area contributed by atoms with Crippen molar-refractivity contribution in [2.45, 2.75) is 50.8 Å². The Labute approximate surface area is 141 Å². The number of rotatable bonds is 10. The highest BCUT2D eigenvalue weighted by molar-refractivity contribution is 9.10. The van der Waals surface area contributed by atoms with Crippen molar-refractivity contribution in [3.8, 4) is 0 Å². The molecule has 0 saturated heterocycles. The summed E-state index contributed by atoms with van der Waals surface area (Å²) in [4.78, 5) is 12.9. The van der Waals surface area contributed by atoms with Crippen LogP contribution >= 0.6 is 27.7 Å². The fourth-order valence-electron chi connectivity index (χ4n) is 1.96. The molecule has 0 fully saturated rings. The van der Waals surface area contributed by atoms with Gasteiger partial charge in [-0.3, -0.25) is 4.79 Å². The molecular weight excluding hydrogens is 348 g/mol. The van der Waals surface area contributed by atoms with Gasteiger partial charge in [-0.2, -0.15) is 0 Å². The molecule has 21 heavy (non-hydrogen) atoms. The number of unbranched alkanes of at least 4 members (excludes halogenated alkanes) is 1. The summed E-state index contributed by atoms with van der Waals surface area (Å²) in [5.74, 6) is 1.22. The number of carbonyl (C=O) groups excluding carboxylic acids is 1. The molecule has 0 radical (unpaired) electrons. The van der Waals surface area contributed by atoms with E-state index in [1.165, 1.54) is 17.7 Å². The quantitative estimate of drug-likeness (QED) is 0.389. The van der Waals surface area contributed by atoms with Crippen molar-refractivity contribution in [2.24, 2.45) is 5.92 Å². The van der Waals surface area contributed by atoms with Crippen LogP contribution in [0.5, 0.6) is 0 Å². The highest BCUT2D eigenvalue weighted by Crippen LogP contribution is 2.21. The van der Waals surface area contributed by atoms with Crippen molar-refractivity contribution >= 4 is 33.7 Å². The van der Waals surface area contributed by atoms with E-state index in [-0.39, 0.29) is 5.97 Å². The molecule has 1 atom stereocenters. The standard InChI is InChI=1S/C17H25BrO2S/c1-3-5-6-14(4-2)13-20-17(19)11-12-21-16-9-7-15(18)8-10-16/h7-10,14H,3-6,11-13H2,1-2H3. The van der Waals surface area contributed by atoms with Crippen molar-refractivity contribution in [3.63, 3.8) is 0 Å². The van der Waals surface area contributed by atoms with Gasteiger partial charge in [0.25, 0.3) is 0 Å². The molecule has 0 N–H and O–H groups in total. The Bertz CT molecular complexity index is 406. The molecule has 0 aliphatic rings. The summed E-state index contributed by atoms with van der Waals surface area (Å²) in [7, 11) is 0. The third-order valence-electron chi connectivity index (χ3n) is 3.41. The molecule has 0 aliphatic carbocycles. The second-order valence-corrected chi connectivity index (χ2v) is 7.24. The molecule has 1 unspecified atom stereocenters. The molecule has 0 aliphatic heterocycles. The molecule has 2 nitrogen and oxygen atoms in total. The van der Waals surface area contributed by atoms with Gasteiger partial charge in [0, 0.05) is 15.1 Å². The molecule has 0 spiro atoms. The van der Waals surface area contributed by atoms with Gasteiger partial charge < -0.3 is 4.74 Å². The van der Waals surface area contributed by atoms with E-state index in [1.54, 1.807) is 11.8 Å². The summed E-state index contributed by atoms with van der Waals surface area (Å²) in [6.45, 7) is 4.94. The van der Waals surface area contributed by atoms with Crippen molar-refractivity contribution in [1.82, 2.24) is 0 Å². The second kappa shape index (κ2) is 11.1. The van der Waals surface area contributed by atoms with Crippen LogP contribution in [-0.2, 0) is 9.53 Å². The Morgan fingerprint density at radius 3 is 2.62 bits per heavy atom. The lowest BCUT2D eigenvalue weighted by Crippen LogP contribution is -2.14. The van der Waals surface area contributed by atoms with Gasteiger partial charge in [0.05, 0.1) is 13.0 Å². The molecule has 0 bridgehead atoms. The first-order valence-corrected chi connectivity index (χ1v) is 9.47. The van der Waals surface area contributed by atoms with Crippen LogP contribution in [0, 0.1) is 5.92 Å². The van der Waals surface area contributed by atoms with E-state index >= 15 is 0 Å². The smallest absolute Gasteiger partial charge is 0.306 e. The largest absolute Gasteiger partial charge is 0.465 e.